The van der Waals surface area contributed by atoms with Gasteiger partial charge in [0, 0.05) is 23.5 Å². The number of carbonyl (C=O) groups is 2. The number of phenols is 1. The fourth-order valence-corrected chi connectivity index (χ4v) is 5.99. The van der Waals surface area contributed by atoms with Gasteiger partial charge in [0.1, 0.15) is 0 Å². The SMILES string of the molecule is CCOc1cc(/C=N/N2C(=O)C3C4c5ccccc5C(c5ccccc54)C3C2=O)cc([N+](=O)[O-])c1O. The minimum absolute atomic E-state index is 0.0789. The fourth-order valence-electron chi connectivity index (χ4n) is 5.99. The highest BCUT2D eigenvalue weighted by Gasteiger charge is 2.61. The van der Waals surface area contributed by atoms with Crippen molar-refractivity contribution in [2.75, 3.05) is 6.61 Å². The van der Waals surface area contributed by atoms with Crippen molar-refractivity contribution >= 4 is 23.7 Å². The van der Waals surface area contributed by atoms with Gasteiger partial charge in [0.2, 0.25) is 5.75 Å². The van der Waals surface area contributed by atoms with Crippen molar-refractivity contribution in [3.8, 4) is 11.5 Å². The maximum absolute atomic E-state index is 13.6. The van der Waals surface area contributed by atoms with Crippen LogP contribution in [-0.4, -0.2) is 39.7 Å². The van der Waals surface area contributed by atoms with Gasteiger partial charge in [-0.1, -0.05) is 48.5 Å². The Labute approximate surface area is 205 Å². The number of nitro benzene ring substituents is 1. The number of hydrogen-bond donors (Lipinski definition) is 1. The molecule has 9 nitrogen and oxygen atoms in total. The van der Waals surface area contributed by atoms with Crippen molar-refractivity contribution in [3.05, 3.63) is 98.6 Å². The number of aromatic hydroxyl groups is 1. The molecule has 2 amide bonds. The van der Waals surface area contributed by atoms with Crippen LogP contribution in [-0.2, 0) is 9.59 Å². The number of rotatable bonds is 5. The molecular weight excluding hydrogens is 462 g/mol. The van der Waals surface area contributed by atoms with Gasteiger partial charge in [-0.15, -0.1) is 0 Å². The number of nitrogens with zero attached hydrogens (tertiary/aromatic N) is 3. The number of nitro groups is 1. The van der Waals surface area contributed by atoms with Crippen molar-refractivity contribution in [2.45, 2.75) is 18.8 Å². The van der Waals surface area contributed by atoms with E-state index < -0.39 is 40.0 Å². The monoisotopic (exact) mass is 483 g/mol. The molecule has 7 rings (SSSR count). The molecule has 3 aromatic rings. The van der Waals surface area contributed by atoms with Gasteiger partial charge in [-0.05, 0) is 35.2 Å². The Hall–Kier alpha value is -4.53. The maximum atomic E-state index is 13.6. The van der Waals surface area contributed by atoms with Crippen molar-refractivity contribution in [1.82, 2.24) is 5.01 Å². The number of amides is 2. The van der Waals surface area contributed by atoms with E-state index in [1.165, 1.54) is 12.3 Å². The lowest BCUT2D eigenvalue weighted by atomic mass is 9.55. The van der Waals surface area contributed by atoms with E-state index >= 15 is 0 Å². The Morgan fingerprint density at radius 1 is 0.972 bits per heavy atom. The number of hydrazone groups is 1. The number of ether oxygens (including phenoxy) is 1. The summed E-state index contributed by atoms with van der Waals surface area (Å²) in [6.07, 6.45) is 1.21. The zero-order chi connectivity index (χ0) is 25.1. The Bertz CT molecular complexity index is 1370. The standard InChI is InChI=1S/C27H21N3O6/c1-2-36-20-12-14(11-19(25(20)31)30(34)35)13-28-29-26(32)23-21-15-7-3-4-8-16(15)22(24(23)27(29)33)18-10-6-5-9-17(18)21/h3-13,21-24,31H,2H2,1H3/b28-13+. The summed E-state index contributed by atoms with van der Waals surface area (Å²) in [4.78, 5) is 37.8. The molecule has 1 fully saturated rings. The lowest BCUT2D eigenvalue weighted by Gasteiger charge is -2.45. The van der Waals surface area contributed by atoms with E-state index in [9.17, 15) is 24.8 Å². The lowest BCUT2D eigenvalue weighted by molar-refractivity contribution is -0.386. The van der Waals surface area contributed by atoms with Gasteiger partial charge in [0.15, 0.2) is 5.75 Å². The van der Waals surface area contributed by atoms with Crippen LogP contribution in [0.25, 0.3) is 0 Å². The third-order valence-corrected chi connectivity index (χ3v) is 7.32. The summed E-state index contributed by atoms with van der Waals surface area (Å²) in [6.45, 7) is 1.86. The second-order valence-corrected chi connectivity index (χ2v) is 9.07. The van der Waals surface area contributed by atoms with Gasteiger partial charge in [0.05, 0.1) is 29.6 Å². The van der Waals surface area contributed by atoms with Crippen molar-refractivity contribution in [3.63, 3.8) is 0 Å². The Kier molecular flexibility index (Phi) is 4.89. The van der Waals surface area contributed by atoms with E-state index in [1.807, 2.05) is 48.5 Å². The molecule has 9 heteroatoms. The zero-order valence-electron chi connectivity index (χ0n) is 19.2. The minimum atomic E-state index is -0.734. The summed E-state index contributed by atoms with van der Waals surface area (Å²) in [6, 6.07) is 18.4. The molecule has 180 valence electrons. The van der Waals surface area contributed by atoms with Crippen LogP contribution >= 0.6 is 0 Å². The molecule has 1 N–H and O–H groups in total. The summed E-state index contributed by atoms with van der Waals surface area (Å²) in [5.74, 6) is -3.09. The first-order valence-electron chi connectivity index (χ1n) is 11.7. The van der Waals surface area contributed by atoms with Gasteiger partial charge in [-0.3, -0.25) is 19.7 Å². The van der Waals surface area contributed by atoms with Crippen LogP contribution in [0.2, 0.25) is 0 Å². The van der Waals surface area contributed by atoms with Crippen LogP contribution in [0.4, 0.5) is 5.69 Å². The largest absolute Gasteiger partial charge is 0.500 e. The second kappa shape index (κ2) is 8.01. The molecule has 3 aliphatic carbocycles. The molecule has 2 unspecified atom stereocenters. The van der Waals surface area contributed by atoms with Crippen LogP contribution in [0, 0.1) is 22.0 Å². The average molecular weight is 483 g/mol. The molecular formula is C27H21N3O6. The van der Waals surface area contributed by atoms with E-state index in [0.717, 1.165) is 33.3 Å². The van der Waals surface area contributed by atoms with Crippen LogP contribution in [0.1, 0.15) is 46.6 Å². The molecule has 1 heterocycles. The Morgan fingerprint density at radius 3 is 1.92 bits per heavy atom. The predicted octanol–water partition coefficient (Wildman–Crippen LogP) is 3.93. The molecule has 2 bridgehead atoms. The highest BCUT2D eigenvalue weighted by atomic mass is 16.6. The smallest absolute Gasteiger partial charge is 0.315 e. The predicted molar refractivity (Wildman–Crippen MR) is 129 cm³/mol. The quantitative estimate of drug-likeness (QED) is 0.254. The van der Waals surface area contributed by atoms with Gasteiger partial charge in [-0.25, -0.2) is 0 Å². The second-order valence-electron chi connectivity index (χ2n) is 9.07. The summed E-state index contributed by atoms with van der Waals surface area (Å²) < 4.78 is 5.30. The molecule has 2 atom stereocenters. The maximum Gasteiger partial charge on any atom is 0.315 e. The number of imide groups is 1. The molecule has 1 aliphatic heterocycles. The third kappa shape index (κ3) is 2.98. The molecule has 4 aliphatic rings. The van der Waals surface area contributed by atoms with E-state index in [2.05, 4.69) is 5.10 Å². The van der Waals surface area contributed by atoms with E-state index in [-0.39, 0.29) is 29.8 Å². The molecule has 3 aromatic carbocycles. The zero-order valence-corrected chi connectivity index (χ0v) is 19.2. The topological polar surface area (TPSA) is 122 Å². The summed E-state index contributed by atoms with van der Waals surface area (Å²) >= 11 is 0. The van der Waals surface area contributed by atoms with Crippen LogP contribution in [0.5, 0.6) is 11.5 Å². The minimum Gasteiger partial charge on any atom is -0.500 e. The molecule has 0 spiro atoms. The lowest BCUT2D eigenvalue weighted by Crippen LogP contribution is -2.41. The molecule has 0 saturated carbocycles. The van der Waals surface area contributed by atoms with Gasteiger partial charge in [-0.2, -0.15) is 10.1 Å². The third-order valence-electron chi connectivity index (χ3n) is 7.32. The van der Waals surface area contributed by atoms with E-state index in [1.54, 1.807) is 6.92 Å². The van der Waals surface area contributed by atoms with Gasteiger partial charge >= 0.3 is 5.69 Å². The number of phenolic OH excluding ortho intramolecular Hbond substituents is 1. The first-order valence-corrected chi connectivity index (χ1v) is 11.7. The molecule has 1 saturated heterocycles. The summed E-state index contributed by atoms with van der Waals surface area (Å²) in [5, 5.41) is 26.6. The number of hydrogen-bond acceptors (Lipinski definition) is 7. The summed E-state index contributed by atoms with van der Waals surface area (Å²) in [5.41, 5.74) is 3.90. The summed E-state index contributed by atoms with van der Waals surface area (Å²) in [7, 11) is 0. The van der Waals surface area contributed by atoms with Crippen molar-refractivity contribution < 1.29 is 24.4 Å². The van der Waals surface area contributed by atoms with Crippen molar-refractivity contribution in [1.29, 1.82) is 0 Å². The fraction of sp³-hybridized carbons (Fsp3) is 0.222. The number of carbonyl (C=O) groups excluding carboxylic acids is 2. The Morgan fingerprint density at radius 2 is 1.47 bits per heavy atom. The van der Waals surface area contributed by atoms with E-state index in [0.29, 0.717) is 0 Å². The first kappa shape index (κ1) is 22.0. The van der Waals surface area contributed by atoms with Gasteiger partial charge in [0.25, 0.3) is 11.8 Å². The highest BCUT2D eigenvalue weighted by molar-refractivity contribution is 6.08. The number of benzene rings is 3. The molecule has 36 heavy (non-hydrogen) atoms. The van der Waals surface area contributed by atoms with Gasteiger partial charge < -0.3 is 9.84 Å². The first-order chi connectivity index (χ1) is 17.4. The van der Waals surface area contributed by atoms with Crippen molar-refractivity contribution in [2.24, 2.45) is 16.9 Å². The highest BCUT2D eigenvalue weighted by Crippen LogP contribution is 2.61. The van der Waals surface area contributed by atoms with Crippen LogP contribution < -0.4 is 4.74 Å². The van der Waals surface area contributed by atoms with Crippen LogP contribution in [0.15, 0.2) is 65.8 Å². The average Bonchev–Trinajstić information content (AvgIpc) is 3.14. The Balaban J connectivity index is 1.40. The molecule has 0 radical (unpaired) electrons. The van der Waals surface area contributed by atoms with Crippen LogP contribution in [0.3, 0.4) is 0 Å². The normalized spacial score (nSPS) is 23.5. The van der Waals surface area contributed by atoms with E-state index in [4.69, 9.17) is 4.74 Å². The molecule has 0 aromatic heterocycles.